The first-order valence-electron chi connectivity index (χ1n) is 7.70. The normalized spacial score (nSPS) is 15.5. The Balaban J connectivity index is 2.10. The summed E-state index contributed by atoms with van der Waals surface area (Å²) in [6, 6.07) is 10.3. The summed E-state index contributed by atoms with van der Waals surface area (Å²) in [5.41, 5.74) is 2.87. The standard InChI is InChI=1S/C19H18O4/c20-14-5-1-12-3-7-18(22)16(9-12)17-10-13(4-8-19(17)23)2-6-15(21)11-14/h3-4,7-10,22-23H,1-2,5-6,11H2. The van der Waals surface area contributed by atoms with E-state index in [0.29, 0.717) is 36.8 Å². The number of rotatable bonds is 0. The van der Waals surface area contributed by atoms with Gasteiger partial charge in [0, 0.05) is 24.0 Å². The number of aromatic hydroxyl groups is 2. The molecule has 0 aliphatic heterocycles. The number of benzene rings is 2. The first-order chi connectivity index (χ1) is 11.0. The van der Waals surface area contributed by atoms with Crippen molar-refractivity contribution in [1.29, 1.82) is 0 Å². The van der Waals surface area contributed by atoms with Crippen molar-refractivity contribution in [2.24, 2.45) is 0 Å². The lowest BCUT2D eigenvalue weighted by molar-refractivity contribution is -0.126. The highest BCUT2D eigenvalue weighted by Gasteiger charge is 2.15. The third kappa shape index (κ3) is 3.42. The summed E-state index contributed by atoms with van der Waals surface area (Å²) in [7, 11) is 0. The smallest absolute Gasteiger partial charge is 0.140 e. The minimum absolute atomic E-state index is 0.0180. The van der Waals surface area contributed by atoms with Crippen LogP contribution in [0.4, 0.5) is 0 Å². The molecule has 4 nitrogen and oxygen atoms in total. The average Bonchev–Trinajstić information content (AvgIpc) is 2.53. The van der Waals surface area contributed by atoms with Crippen molar-refractivity contribution in [2.75, 3.05) is 0 Å². The van der Waals surface area contributed by atoms with Gasteiger partial charge in [-0.1, -0.05) is 12.1 Å². The number of phenolic OH excluding ortho intramolecular Hbond substituents is 2. The van der Waals surface area contributed by atoms with Gasteiger partial charge in [0.1, 0.15) is 23.1 Å². The van der Waals surface area contributed by atoms with Crippen molar-refractivity contribution in [3.8, 4) is 22.6 Å². The van der Waals surface area contributed by atoms with Gasteiger partial charge in [-0.05, 0) is 48.2 Å². The minimum Gasteiger partial charge on any atom is -0.507 e. The molecular weight excluding hydrogens is 292 g/mol. The number of carbonyl (C=O) groups excluding carboxylic acids is 2. The zero-order chi connectivity index (χ0) is 16.4. The first-order valence-corrected chi connectivity index (χ1v) is 7.70. The molecule has 0 heterocycles. The molecule has 0 aromatic heterocycles. The Morgan fingerprint density at radius 2 is 1.09 bits per heavy atom. The molecule has 3 rings (SSSR count). The summed E-state index contributed by atoms with van der Waals surface area (Å²) in [6.45, 7) is 0. The third-order valence-corrected chi connectivity index (χ3v) is 4.19. The summed E-state index contributed by atoms with van der Waals surface area (Å²) in [5, 5.41) is 20.3. The second kappa shape index (κ2) is 6.24. The largest absolute Gasteiger partial charge is 0.507 e. The predicted molar refractivity (Wildman–Crippen MR) is 86.5 cm³/mol. The average molecular weight is 310 g/mol. The van der Waals surface area contributed by atoms with Crippen molar-refractivity contribution < 1.29 is 19.8 Å². The minimum atomic E-state index is -0.0570. The van der Waals surface area contributed by atoms with Gasteiger partial charge < -0.3 is 10.2 Å². The van der Waals surface area contributed by atoms with Crippen molar-refractivity contribution in [3.05, 3.63) is 47.5 Å². The molecule has 0 radical (unpaired) electrons. The van der Waals surface area contributed by atoms with E-state index < -0.39 is 0 Å². The molecule has 0 saturated heterocycles. The van der Waals surface area contributed by atoms with E-state index in [2.05, 4.69) is 0 Å². The maximum Gasteiger partial charge on any atom is 0.140 e. The maximum atomic E-state index is 11.9. The quantitative estimate of drug-likeness (QED) is 0.733. The monoisotopic (exact) mass is 310 g/mol. The van der Waals surface area contributed by atoms with Crippen LogP contribution in [0.15, 0.2) is 36.4 Å². The van der Waals surface area contributed by atoms with E-state index in [9.17, 15) is 19.8 Å². The van der Waals surface area contributed by atoms with Crippen LogP contribution >= 0.6 is 0 Å². The fourth-order valence-corrected chi connectivity index (χ4v) is 2.87. The number of hydrogen-bond acceptors (Lipinski definition) is 4. The van der Waals surface area contributed by atoms with Gasteiger partial charge in [-0.25, -0.2) is 0 Å². The Morgan fingerprint density at radius 1 is 0.652 bits per heavy atom. The molecule has 2 N–H and O–H groups in total. The Kier molecular flexibility index (Phi) is 4.15. The number of phenols is 2. The Morgan fingerprint density at radius 3 is 1.52 bits per heavy atom. The lowest BCUT2D eigenvalue weighted by atomic mass is 9.96. The van der Waals surface area contributed by atoms with Crippen LogP contribution in [0.5, 0.6) is 11.5 Å². The first kappa shape index (κ1) is 15.3. The summed E-state index contributed by atoms with van der Waals surface area (Å²) in [5.74, 6) is 0.0498. The van der Waals surface area contributed by atoms with Crippen LogP contribution in [0.1, 0.15) is 30.4 Å². The molecule has 1 aliphatic rings. The molecule has 0 saturated carbocycles. The van der Waals surface area contributed by atoms with Crippen LogP contribution < -0.4 is 0 Å². The Labute approximate surface area is 134 Å². The van der Waals surface area contributed by atoms with Crippen LogP contribution in [0.2, 0.25) is 0 Å². The highest BCUT2D eigenvalue weighted by molar-refractivity contribution is 5.99. The molecule has 4 bridgehead atoms. The van der Waals surface area contributed by atoms with Crippen LogP contribution in [-0.4, -0.2) is 21.8 Å². The van der Waals surface area contributed by atoms with Crippen LogP contribution in [0, 0.1) is 0 Å². The van der Waals surface area contributed by atoms with Gasteiger partial charge in [-0.3, -0.25) is 9.59 Å². The van der Waals surface area contributed by atoms with Gasteiger partial charge in [0.25, 0.3) is 0 Å². The number of fused-ring (bicyclic) bond motifs is 5. The van der Waals surface area contributed by atoms with Crippen molar-refractivity contribution >= 4 is 11.6 Å². The topological polar surface area (TPSA) is 74.6 Å². The van der Waals surface area contributed by atoms with E-state index in [1.165, 1.54) is 0 Å². The van der Waals surface area contributed by atoms with E-state index in [4.69, 9.17) is 0 Å². The molecule has 2 aromatic rings. The van der Waals surface area contributed by atoms with E-state index in [0.717, 1.165) is 11.1 Å². The highest BCUT2D eigenvalue weighted by Crippen LogP contribution is 2.37. The number of aryl methyl sites for hydroxylation is 2. The van der Waals surface area contributed by atoms with Gasteiger partial charge in [0.15, 0.2) is 0 Å². The molecule has 4 heteroatoms. The fraction of sp³-hybridized carbons (Fsp3) is 0.263. The molecule has 0 unspecified atom stereocenters. The van der Waals surface area contributed by atoms with Crippen LogP contribution in [0.25, 0.3) is 11.1 Å². The lowest BCUT2D eigenvalue weighted by Gasteiger charge is -2.11. The second-order valence-electron chi connectivity index (χ2n) is 5.96. The molecule has 0 atom stereocenters. The maximum absolute atomic E-state index is 11.9. The van der Waals surface area contributed by atoms with Crippen molar-refractivity contribution in [2.45, 2.75) is 32.1 Å². The molecule has 23 heavy (non-hydrogen) atoms. The van der Waals surface area contributed by atoms with Gasteiger partial charge in [0.05, 0.1) is 6.42 Å². The molecule has 1 aliphatic carbocycles. The fourth-order valence-electron chi connectivity index (χ4n) is 2.87. The lowest BCUT2D eigenvalue weighted by Crippen LogP contribution is -2.09. The molecule has 118 valence electrons. The van der Waals surface area contributed by atoms with Crippen molar-refractivity contribution in [1.82, 2.24) is 0 Å². The van der Waals surface area contributed by atoms with Crippen molar-refractivity contribution in [3.63, 3.8) is 0 Å². The zero-order valence-electron chi connectivity index (χ0n) is 12.7. The number of Topliss-reactive ketones (excluding diaryl/α,β-unsaturated/α-hetero) is 2. The van der Waals surface area contributed by atoms with Crippen LogP contribution in [-0.2, 0) is 22.4 Å². The van der Waals surface area contributed by atoms with Gasteiger partial charge in [0.2, 0.25) is 0 Å². The Bertz CT molecular complexity index is 711. The number of hydrogen-bond donors (Lipinski definition) is 2. The van der Waals surface area contributed by atoms with Gasteiger partial charge in [-0.15, -0.1) is 0 Å². The summed E-state index contributed by atoms with van der Waals surface area (Å²) in [4.78, 5) is 23.8. The van der Waals surface area contributed by atoms with E-state index >= 15 is 0 Å². The van der Waals surface area contributed by atoms with Gasteiger partial charge >= 0.3 is 0 Å². The molecule has 0 amide bonds. The highest BCUT2D eigenvalue weighted by atomic mass is 16.3. The van der Waals surface area contributed by atoms with Gasteiger partial charge in [-0.2, -0.15) is 0 Å². The summed E-state index contributed by atoms with van der Waals surface area (Å²) in [6.07, 6.45) is 1.62. The molecule has 0 fully saturated rings. The Hall–Kier alpha value is -2.62. The summed E-state index contributed by atoms with van der Waals surface area (Å²) >= 11 is 0. The predicted octanol–water partition coefficient (Wildman–Crippen LogP) is 3.17. The van der Waals surface area contributed by atoms with Crippen LogP contribution in [0.3, 0.4) is 0 Å². The molecular formula is C19H18O4. The second-order valence-corrected chi connectivity index (χ2v) is 5.96. The van der Waals surface area contributed by atoms with E-state index in [1.807, 2.05) is 0 Å². The SMILES string of the molecule is O=C1CCc2ccc(O)c(c2)-c2cc(ccc2O)CCC(=O)C1. The number of carbonyl (C=O) groups is 2. The van der Waals surface area contributed by atoms with E-state index in [-0.39, 0.29) is 29.5 Å². The third-order valence-electron chi connectivity index (χ3n) is 4.19. The molecule has 2 aromatic carbocycles. The summed E-state index contributed by atoms with van der Waals surface area (Å²) < 4.78 is 0. The van der Waals surface area contributed by atoms with E-state index in [1.54, 1.807) is 36.4 Å². The zero-order valence-corrected chi connectivity index (χ0v) is 12.7. The number of ketones is 2. The molecule has 0 spiro atoms.